The lowest BCUT2D eigenvalue weighted by Crippen LogP contribution is -2.26. The number of hydrogen-bond donors (Lipinski definition) is 1. The smallest absolute Gasteiger partial charge is 0.248 e. The minimum atomic E-state index is -0.248. The molecule has 2 N–H and O–H groups in total. The molecule has 0 aliphatic carbocycles. The van der Waals surface area contributed by atoms with Crippen LogP contribution in [0.1, 0.15) is 6.92 Å². The van der Waals surface area contributed by atoms with Crippen LogP contribution in [0.2, 0.25) is 0 Å². The van der Waals surface area contributed by atoms with E-state index in [1.807, 2.05) is 6.92 Å². The van der Waals surface area contributed by atoms with Crippen LogP contribution in [0.3, 0.4) is 0 Å². The van der Waals surface area contributed by atoms with Gasteiger partial charge in [0.15, 0.2) is 0 Å². The summed E-state index contributed by atoms with van der Waals surface area (Å²) in [5.41, 5.74) is 0. The minimum Gasteiger partial charge on any atom is -0.354 e. The Kier molecular flexibility index (Phi) is 4.20. The summed E-state index contributed by atoms with van der Waals surface area (Å²) >= 11 is 0. The summed E-state index contributed by atoms with van der Waals surface area (Å²) < 4.78 is 0. The van der Waals surface area contributed by atoms with Crippen LogP contribution in [0.5, 0.6) is 0 Å². The van der Waals surface area contributed by atoms with Gasteiger partial charge in [-0.1, -0.05) is 0 Å². The van der Waals surface area contributed by atoms with Crippen LogP contribution >= 0.6 is 0 Å². The number of nitrogens with one attached hydrogen (secondary N) is 2. The van der Waals surface area contributed by atoms with Gasteiger partial charge in [0.2, 0.25) is 5.91 Å². The maximum Gasteiger partial charge on any atom is 0.248 e. The largest absolute Gasteiger partial charge is 0.354 e. The predicted molar refractivity (Wildman–Crippen MR) is 27.7 cm³/mol. The highest BCUT2D eigenvalue weighted by atomic mass is 16.6. The van der Waals surface area contributed by atoms with Crippen molar-refractivity contribution in [2.45, 2.75) is 6.92 Å². The van der Waals surface area contributed by atoms with Gasteiger partial charge in [-0.25, -0.2) is 0 Å². The van der Waals surface area contributed by atoms with Gasteiger partial charge in [0.25, 0.3) is 0 Å². The Morgan fingerprint density at radius 2 is 2.50 bits per heavy atom. The van der Waals surface area contributed by atoms with Crippen molar-refractivity contribution in [1.82, 2.24) is 11.2 Å². The lowest BCUT2D eigenvalue weighted by molar-refractivity contribution is -0.126. The first kappa shape index (κ1) is 7.39. The highest BCUT2D eigenvalue weighted by Crippen LogP contribution is 1.64. The third-order valence-corrected chi connectivity index (χ3v) is 0.577. The van der Waals surface area contributed by atoms with Crippen LogP contribution in [0.15, 0.2) is 0 Å². The zero-order valence-corrected chi connectivity index (χ0v) is 4.73. The summed E-state index contributed by atoms with van der Waals surface area (Å²) in [7, 11) is 0. The predicted octanol–water partition coefficient (Wildman–Crippen LogP) is -0.663. The standard InChI is InChI=1S/C4H9N2O2/c1-2-6-4(7)3-8-5/h5H,2-3H2,1H3,(H,6,7). The Morgan fingerprint density at radius 3 is 2.88 bits per heavy atom. The fraction of sp³-hybridized carbons (Fsp3) is 0.750. The maximum absolute atomic E-state index is 10.3. The fourth-order valence-electron chi connectivity index (χ4n) is 0.314. The molecule has 0 unspecified atom stereocenters. The van der Waals surface area contributed by atoms with Crippen molar-refractivity contribution in [1.29, 1.82) is 0 Å². The van der Waals surface area contributed by atoms with Gasteiger partial charge in [-0.15, -0.1) is 5.90 Å². The average Bonchev–Trinajstić information content (AvgIpc) is 1.68. The maximum atomic E-state index is 10.3. The zero-order chi connectivity index (χ0) is 6.41. The van der Waals surface area contributed by atoms with Crippen molar-refractivity contribution >= 4 is 5.91 Å². The molecular formula is C4H9N2O2. The van der Waals surface area contributed by atoms with Crippen LogP contribution in [-0.4, -0.2) is 19.1 Å². The molecule has 0 fully saturated rings. The third-order valence-electron chi connectivity index (χ3n) is 0.577. The highest BCUT2D eigenvalue weighted by Gasteiger charge is 1.94. The molecule has 0 heterocycles. The lowest BCUT2D eigenvalue weighted by atomic mass is 10.6. The van der Waals surface area contributed by atoms with Gasteiger partial charge >= 0.3 is 0 Å². The molecule has 4 heteroatoms. The third kappa shape index (κ3) is 3.58. The Bertz CT molecular complexity index is 66.4. The number of rotatable bonds is 3. The molecule has 0 saturated carbocycles. The van der Waals surface area contributed by atoms with Crippen LogP contribution in [0.4, 0.5) is 0 Å². The van der Waals surface area contributed by atoms with E-state index in [2.05, 4.69) is 10.2 Å². The second kappa shape index (κ2) is 4.55. The molecule has 1 amide bonds. The summed E-state index contributed by atoms with van der Waals surface area (Å²) in [4.78, 5) is 14.1. The van der Waals surface area contributed by atoms with Crippen molar-refractivity contribution in [3.05, 3.63) is 0 Å². The first-order valence-electron chi connectivity index (χ1n) is 2.36. The number of amides is 1. The Hall–Kier alpha value is -0.610. The second-order valence-corrected chi connectivity index (χ2v) is 1.24. The van der Waals surface area contributed by atoms with E-state index in [0.29, 0.717) is 6.54 Å². The Balaban J connectivity index is 3.06. The van der Waals surface area contributed by atoms with Gasteiger partial charge in [-0.2, -0.15) is 0 Å². The first-order valence-corrected chi connectivity index (χ1v) is 2.36. The summed E-state index contributed by atoms with van der Waals surface area (Å²) in [6.07, 6.45) is 0. The highest BCUT2D eigenvalue weighted by molar-refractivity contribution is 5.76. The molecule has 0 spiro atoms. The average molecular weight is 117 g/mol. The monoisotopic (exact) mass is 117 g/mol. The van der Waals surface area contributed by atoms with E-state index < -0.39 is 0 Å². The van der Waals surface area contributed by atoms with E-state index in [0.717, 1.165) is 0 Å². The van der Waals surface area contributed by atoms with Crippen LogP contribution in [0, 0.1) is 0 Å². The number of carbonyl (C=O) groups is 1. The van der Waals surface area contributed by atoms with E-state index in [9.17, 15) is 4.79 Å². The Morgan fingerprint density at radius 1 is 1.88 bits per heavy atom. The first-order chi connectivity index (χ1) is 3.81. The van der Waals surface area contributed by atoms with Crippen molar-refractivity contribution in [2.24, 2.45) is 0 Å². The van der Waals surface area contributed by atoms with E-state index in [1.54, 1.807) is 0 Å². The molecular weight excluding hydrogens is 108 g/mol. The number of hydrogen-bond acceptors (Lipinski definition) is 2. The van der Waals surface area contributed by atoms with Gasteiger partial charge in [-0.05, 0) is 6.92 Å². The molecule has 0 aromatic rings. The van der Waals surface area contributed by atoms with Crippen molar-refractivity contribution in [3.8, 4) is 0 Å². The second-order valence-electron chi connectivity index (χ2n) is 1.24. The summed E-state index contributed by atoms with van der Waals surface area (Å²) in [6, 6.07) is 0. The van der Waals surface area contributed by atoms with Crippen LogP contribution in [-0.2, 0) is 9.63 Å². The molecule has 0 bridgehead atoms. The van der Waals surface area contributed by atoms with Gasteiger partial charge in [0.05, 0.1) is 0 Å². The van der Waals surface area contributed by atoms with Crippen molar-refractivity contribution in [2.75, 3.05) is 13.2 Å². The lowest BCUT2D eigenvalue weighted by Gasteiger charge is -1.96. The number of likely N-dealkylation sites (N-methyl/N-ethyl adjacent to an activating group) is 1. The molecule has 0 aromatic heterocycles. The van der Waals surface area contributed by atoms with Crippen molar-refractivity contribution in [3.63, 3.8) is 0 Å². The summed E-state index contributed by atoms with van der Waals surface area (Å²) in [5, 5.41) is 2.46. The molecule has 8 heavy (non-hydrogen) atoms. The molecule has 0 aliphatic heterocycles. The Labute approximate surface area is 48.0 Å². The SMILES string of the molecule is CCNC(=O)CO[NH]. The summed E-state index contributed by atoms with van der Waals surface area (Å²) in [6.45, 7) is 2.22. The molecule has 4 nitrogen and oxygen atoms in total. The zero-order valence-electron chi connectivity index (χ0n) is 4.73. The van der Waals surface area contributed by atoms with Gasteiger partial charge in [-0.3, -0.25) is 9.63 Å². The molecule has 0 rings (SSSR count). The number of carbonyl (C=O) groups excluding carboxylic acids is 1. The van der Waals surface area contributed by atoms with Crippen LogP contribution < -0.4 is 11.2 Å². The molecule has 0 aliphatic rings. The summed E-state index contributed by atoms with van der Waals surface area (Å²) in [5.74, 6) is 5.90. The molecule has 47 valence electrons. The molecule has 0 saturated heterocycles. The van der Waals surface area contributed by atoms with Crippen LogP contribution in [0.25, 0.3) is 0 Å². The fourth-order valence-corrected chi connectivity index (χ4v) is 0.314. The van der Waals surface area contributed by atoms with Gasteiger partial charge < -0.3 is 5.32 Å². The van der Waals surface area contributed by atoms with Crippen molar-refractivity contribution < 1.29 is 9.63 Å². The molecule has 1 radical (unpaired) electrons. The van der Waals surface area contributed by atoms with E-state index >= 15 is 0 Å². The quantitative estimate of drug-likeness (QED) is 0.498. The minimum absolute atomic E-state index is 0.173. The molecule has 0 atom stereocenters. The molecule has 0 aromatic carbocycles. The van der Waals surface area contributed by atoms with Gasteiger partial charge in [0.1, 0.15) is 6.61 Å². The van der Waals surface area contributed by atoms with E-state index in [1.165, 1.54) is 0 Å². The normalized spacial score (nSPS) is 8.75. The van der Waals surface area contributed by atoms with Gasteiger partial charge in [0, 0.05) is 6.54 Å². The topological polar surface area (TPSA) is 62.1 Å². The van der Waals surface area contributed by atoms with E-state index in [4.69, 9.17) is 5.90 Å². The van der Waals surface area contributed by atoms with E-state index in [-0.39, 0.29) is 12.5 Å².